The lowest BCUT2D eigenvalue weighted by Gasteiger charge is -2.29. The van der Waals surface area contributed by atoms with E-state index in [0.29, 0.717) is 26.3 Å². The van der Waals surface area contributed by atoms with E-state index in [9.17, 15) is 9.90 Å². The Morgan fingerprint density at radius 2 is 1.93 bits per heavy atom. The number of hydrogen-bond acceptors (Lipinski definition) is 4. The number of carbonyl (C=O) groups excluding carboxylic acids is 1. The number of rotatable bonds is 2. The van der Waals surface area contributed by atoms with Gasteiger partial charge in [-0.3, -0.25) is 0 Å². The molecular weight excluding hydrogens is 354 g/mol. The molecule has 2 aromatic rings. The smallest absolute Gasteiger partial charge is 0.409 e. The van der Waals surface area contributed by atoms with Crippen molar-refractivity contribution in [2.45, 2.75) is 33.0 Å². The molecule has 0 spiro atoms. The van der Waals surface area contributed by atoms with E-state index in [1.165, 1.54) is 16.7 Å². The molecule has 2 aliphatic heterocycles. The van der Waals surface area contributed by atoms with E-state index in [2.05, 4.69) is 12.1 Å². The molecule has 5 nitrogen and oxygen atoms in total. The Bertz CT molecular complexity index is 909. The molecule has 0 atom stereocenters. The van der Waals surface area contributed by atoms with Gasteiger partial charge in [0.1, 0.15) is 12.4 Å². The average molecular weight is 379 g/mol. The minimum atomic E-state index is -0.237. The summed E-state index contributed by atoms with van der Waals surface area (Å²) in [6.07, 6.45) is 1.36. The van der Waals surface area contributed by atoms with Crippen molar-refractivity contribution in [3.05, 3.63) is 70.3 Å². The van der Waals surface area contributed by atoms with Gasteiger partial charge in [0.2, 0.25) is 0 Å². The van der Waals surface area contributed by atoms with Crippen molar-refractivity contribution in [1.82, 2.24) is 4.90 Å². The van der Waals surface area contributed by atoms with Gasteiger partial charge in [-0.05, 0) is 54.2 Å². The molecule has 0 aliphatic carbocycles. The standard InChI is InChI=1S/C23H25NO4/c1-2-27-23(26)24-11-9-17(10-12-24)22-19-6-4-3-5-18(19)15-28-21-8-7-16(14-25)13-20(21)22/h3-8,13,25H,2,9-12,14-15H2,1H3. The summed E-state index contributed by atoms with van der Waals surface area (Å²) in [5.41, 5.74) is 6.71. The molecule has 0 radical (unpaired) electrons. The normalized spacial score (nSPS) is 16.0. The number of carbonyl (C=O) groups is 1. The Morgan fingerprint density at radius 1 is 1.14 bits per heavy atom. The van der Waals surface area contributed by atoms with Crippen LogP contribution in [0.25, 0.3) is 5.57 Å². The first-order chi connectivity index (χ1) is 13.7. The molecule has 2 aliphatic rings. The maximum absolute atomic E-state index is 12.1. The van der Waals surface area contributed by atoms with Crippen LogP contribution in [0.15, 0.2) is 48.0 Å². The molecule has 28 heavy (non-hydrogen) atoms. The van der Waals surface area contributed by atoms with Crippen molar-refractivity contribution in [1.29, 1.82) is 0 Å². The van der Waals surface area contributed by atoms with Gasteiger partial charge in [0, 0.05) is 18.7 Å². The zero-order valence-electron chi connectivity index (χ0n) is 16.1. The van der Waals surface area contributed by atoms with Gasteiger partial charge in [0.15, 0.2) is 0 Å². The third-order valence-corrected chi connectivity index (χ3v) is 5.41. The number of ether oxygens (including phenoxy) is 2. The number of nitrogens with zero attached hydrogens (tertiary/aromatic N) is 1. The number of fused-ring (bicyclic) bond motifs is 2. The van der Waals surface area contributed by atoms with Crippen LogP contribution in [0.5, 0.6) is 5.75 Å². The number of benzene rings is 2. The lowest BCUT2D eigenvalue weighted by Crippen LogP contribution is -2.37. The van der Waals surface area contributed by atoms with Gasteiger partial charge in [0.25, 0.3) is 0 Å². The largest absolute Gasteiger partial charge is 0.488 e. The second-order valence-corrected chi connectivity index (χ2v) is 7.10. The summed E-state index contributed by atoms with van der Waals surface area (Å²) in [7, 11) is 0. The highest BCUT2D eigenvalue weighted by Crippen LogP contribution is 2.41. The molecule has 1 amide bonds. The number of amides is 1. The van der Waals surface area contributed by atoms with Crippen molar-refractivity contribution in [2.24, 2.45) is 0 Å². The summed E-state index contributed by atoms with van der Waals surface area (Å²) in [5, 5.41) is 9.63. The van der Waals surface area contributed by atoms with E-state index in [4.69, 9.17) is 9.47 Å². The molecule has 1 fully saturated rings. The predicted molar refractivity (Wildman–Crippen MR) is 107 cm³/mol. The number of aliphatic hydroxyl groups excluding tert-OH is 1. The van der Waals surface area contributed by atoms with Crippen LogP contribution in [0.2, 0.25) is 0 Å². The second-order valence-electron chi connectivity index (χ2n) is 7.10. The monoisotopic (exact) mass is 379 g/mol. The average Bonchev–Trinajstić information content (AvgIpc) is 2.90. The number of hydrogen-bond donors (Lipinski definition) is 1. The molecule has 1 N–H and O–H groups in total. The first-order valence-electron chi connectivity index (χ1n) is 9.80. The lowest BCUT2D eigenvalue weighted by atomic mass is 9.86. The number of aliphatic hydroxyl groups is 1. The molecule has 5 heteroatoms. The highest BCUT2D eigenvalue weighted by Gasteiger charge is 2.26. The molecule has 0 saturated carbocycles. The van der Waals surface area contributed by atoms with Gasteiger partial charge in [-0.25, -0.2) is 4.79 Å². The van der Waals surface area contributed by atoms with E-state index < -0.39 is 0 Å². The molecule has 2 heterocycles. The summed E-state index contributed by atoms with van der Waals surface area (Å²) < 4.78 is 11.2. The minimum Gasteiger partial charge on any atom is -0.488 e. The van der Waals surface area contributed by atoms with E-state index in [-0.39, 0.29) is 12.7 Å². The van der Waals surface area contributed by atoms with Gasteiger partial charge in [-0.2, -0.15) is 0 Å². The van der Waals surface area contributed by atoms with Crippen LogP contribution in [0.1, 0.15) is 42.0 Å². The first-order valence-corrected chi connectivity index (χ1v) is 9.80. The highest BCUT2D eigenvalue weighted by molar-refractivity contribution is 5.87. The SMILES string of the molecule is CCOC(=O)N1CCC(=C2c3ccccc3COc3ccc(CO)cc32)CC1. The molecule has 0 unspecified atom stereocenters. The van der Waals surface area contributed by atoms with Crippen LogP contribution in [0, 0.1) is 0 Å². The van der Waals surface area contributed by atoms with Crippen LogP contribution in [0.4, 0.5) is 4.79 Å². The zero-order valence-corrected chi connectivity index (χ0v) is 16.1. The Morgan fingerprint density at radius 3 is 2.68 bits per heavy atom. The Hall–Kier alpha value is -2.79. The first kappa shape index (κ1) is 18.6. The molecule has 146 valence electrons. The van der Waals surface area contributed by atoms with Gasteiger partial charge in [-0.1, -0.05) is 35.9 Å². The topological polar surface area (TPSA) is 59.0 Å². The van der Waals surface area contributed by atoms with E-state index >= 15 is 0 Å². The van der Waals surface area contributed by atoms with Crippen molar-refractivity contribution >= 4 is 11.7 Å². The summed E-state index contributed by atoms with van der Waals surface area (Å²) in [4.78, 5) is 13.8. The fourth-order valence-corrected chi connectivity index (χ4v) is 3.99. The summed E-state index contributed by atoms with van der Waals surface area (Å²) in [5.74, 6) is 0.837. The van der Waals surface area contributed by atoms with E-state index in [1.807, 2.05) is 37.3 Å². The summed E-state index contributed by atoms with van der Waals surface area (Å²) in [6.45, 7) is 4.03. The van der Waals surface area contributed by atoms with Crippen molar-refractivity contribution in [3.63, 3.8) is 0 Å². The fourth-order valence-electron chi connectivity index (χ4n) is 3.99. The second kappa shape index (κ2) is 8.07. The van der Waals surface area contributed by atoms with Crippen LogP contribution in [-0.4, -0.2) is 35.8 Å². The summed E-state index contributed by atoms with van der Waals surface area (Å²) in [6, 6.07) is 14.2. The molecule has 1 saturated heterocycles. The molecule has 2 aromatic carbocycles. The van der Waals surface area contributed by atoms with Crippen LogP contribution >= 0.6 is 0 Å². The maximum atomic E-state index is 12.1. The molecule has 4 rings (SSSR count). The Balaban J connectivity index is 1.77. The van der Waals surface area contributed by atoms with Crippen LogP contribution in [-0.2, 0) is 18.0 Å². The summed E-state index contributed by atoms with van der Waals surface area (Å²) >= 11 is 0. The van der Waals surface area contributed by atoms with Crippen LogP contribution in [0.3, 0.4) is 0 Å². The lowest BCUT2D eigenvalue weighted by molar-refractivity contribution is 0.104. The van der Waals surface area contributed by atoms with Crippen LogP contribution < -0.4 is 4.74 Å². The maximum Gasteiger partial charge on any atom is 0.409 e. The Labute approximate surface area is 165 Å². The van der Waals surface area contributed by atoms with Gasteiger partial charge in [0.05, 0.1) is 13.2 Å². The number of piperidine rings is 1. The quantitative estimate of drug-likeness (QED) is 0.853. The van der Waals surface area contributed by atoms with Gasteiger partial charge >= 0.3 is 6.09 Å². The third kappa shape index (κ3) is 3.50. The highest BCUT2D eigenvalue weighted by atomic mass is 16.6. The predicted octanol–water partition coefficient (Wildman–Crippen LogP) is 4.13. The van der Waals surface area contributed by atoms with Crippen molar-refractivity contribution < 1.29 is 19.4 Å². The zero-order chi connectivity index (χ0) is 19.5. The van der Waals surface area contributed by atoms with Gasteiger partial charge < -0.3 is 19.5 Å². The van der Waals surface area contributed by atoms with Gasteiger partial charge in [-0.15, -0.1) is 0 Å². The number of likely N-dealkylation sites (tertiary alicyclic amines) is 1. The molecular formula is C23H25NO4. The molecule has 0 aromatic heterocycles. The van der Waals surface area contributed by atoms with E-state index in [1.54, 1.807) is 4.90 Å². The fraction of sp³-hybridized carbons (Fsp3) is 0.348. The van der Waals surface area contributed by atoms with Crippen molar-refractivity contribution in [2.75, 3.05) is 19.7 Å². The third-order valence-electron chi connectivity index (χ3n) is 5.41. The minimum absolute atomic E-state index is 0.00578. The molecule has 0 bridgehead atoms. The Kier molecular flexibility index (Phi) is 5.35. The van der Waals surface area contributed by atoms with Crippen molar-refractivity contribution in [3.8, 4) is 5.75 Å². The van der Waals surface area contributed by atoms with E-state index in [0.717, 1.165) is 35.3 Å².